The van der Waals surface area contributed by atoms with Crippen molar-refractivity contribution >= 4 is 11.8 Å². The number of methoxy groups -OCH3 is 1. The van der Waals surface area contributed by atoms with E-state index in [1.165, 1.54) is 0 Å². The molecule has 1 atom stereocenters. The highest BCUT2D eigenvalue weighted by Gasteiger charge is 2.31. The van der Waals surface area contributed by atoms with Crippen LogP contribution in [0.4, 0.5) is 0 Å². The summed E-state index contributed by atoms with van der Waals surface area (Å²) in [7, 11) is 1.61. The van der Waals surface area contributed by atoms with E-state index in [9.17, 15) is 9.59 Å². The first-order valence-electron chi connectivity index (χ1n) is 13.5. The number of carbonyl (C=O) groups is 2. The van der Waals surface area contributed by atoms with Gasteiger partial charge < -0.3 is 19.7 Å². The molecule has 3 rings (SSSR count). The first kappa shape index (κ1) is 29.8. The van der Waals surface area contributed by atoms with Crippen LogP contribution in [0, 0.1) is 5.92 Å². The molecule has 0 saturated carbocycles. The summed E-state index contributed by atoms with van der Waals surface area (Å²) in [4.78, 5) is 29.1. The molecule has 6 heteroatoms. The minimum Gasteiger partial charge on any atom is -0.497 e. The maximum Gasteiger partial charge on any atom is 0.261 e. The van der Waals surface area contributed by atoms with Gasteiger partial charge in [0.15, 0.2) is 6.61 Å². The SMILES string of the molecule is COc1cccc(CN(C(=O)COc2ccccc2C(C)(C)C)C(Cc2ccccc2)C(=O)NCC(C)C)c1. The topological polar surface area (TPSA) is 67.9 Å². The summed E-state index contributed by atoms with van der Waals surface area (Å²) in [6, 6.07) is 24.4. The lowest BCUT2D eigenvalue weighted by Crippen LogP contribution is -2.52. The van der Waals surface area contributed by atoms with Gasteiger partial charge in [-0.25, -0.2) is 0 Å². The Bertz CT molecular complexity index is 1220. The smallest absolute Gasteiger partial charge is 0.261 e. The van der Waals surface area contributed by atoms with Crippen molar-refractivity contribution < 1.29 is 19.1 Å². The van der Waals surface area contributed by atoms with E-state index >= 15 is 0 Å². The fourth-order valence-electron chi connectivity index (χ4n) is 4.38. The molecule has 39 heavy (non-hydrogen) atoms. The highest BCUT2D eigenvalue weighted by molar-refractivity contribution is 5.88. The average molecular weight is 531 g/mol. The van der Waals surface area contributed by atoms with Crippen molar-refractivity contribution in [1.82, 2.24) is 10.2 Å². The lowest BCUT2D eigenvalue weighted by atomic mass is 9.86. The van der Waals surface area contributed by atoms with E-state index < -0.39 is 6.04 Å². The van der Waals surface area contributed by atoms with Gasteiger partial charge in [0.2, 0.25) is 5.91 Å². The second-order valence-electron chi connectivity index (χ2n) is 11.3. The van der Waals surface area contributed by atoms with E-state index in [1.54, 1.807) is 12.0 Å². The molecule has 1 N–H and O–H groups in total. The van der Waals surface area contributed by atoms with Gasteiger partial charge in [-0.15, -0.1) is 0 Å². The van der Waals surface area contributed by atoms with Crippen molar-refractivity contribution in [3.63, 3.8) is 0 Å². The Kier molecular flexibility index (Phi) is 10.6. The van der Waals surface area contributed by atoms with Gasteiger partial charge in [-0.1, -0.05) is 95.3 Å². The summed E-state index contributed by atoms with van der Waals surface area (Å²) < 4.78 is 11.5. The fourth-order valence-corrected chi connectivity index (χ4v) is 4.38. The lowest BCUT2D eigenvalue weighted by molar-refractivity contribution is -0.142. The van der Waals surface area contributed by atoms with Crippen LogP contribution < -0.4 is 14.8 Å². The number of hydrogen-bond acceptors (Lipinski definition) is 4. The van der Waals surface area contributed by atoms with Crippen LogP contribution in [-0.4, -0.2) is 43.0 Å². The molecule has 0 aliphatic carbocycles. The van der Waals surface area contributed by atoms with Crippen molar-refractivity contribution in [3.8, 4) is 11.5 Å². The van der Waals surface area contributed by atoms with Gasteiger partial charge in [-0.05, 0) is 46.2 Å². The van der Waals surface area contributed by atoms with Crippen LogP contribution in [0.3, 0.4) is 0 Å². The van der Waals surface area contributed by atoms with Crippen molar-refractivity contribution in [1.29, 1.82) is 0 Å². The number of para-hydroxylation sites is 1. The normalized spacial score (nSPS) is 12.1. The molecule has 0 heterocycles. The predicted molar refractivity (Wildman–Crippen MR) is 156 cm³/mol. The summed E-state index contributed by atoms with van der Waals surface area (Å²) in [6.45, 7) is 11.0. The van der Waals surface area contributed by atoms with Crippen molar-refractivity contribution in [3.05, 3.63) is 95.6 Å². The second kappa shape index (κ2) is 13.8. The molecule has 3 aromatic carbocycles. The van der Waals surface area contributed by atoms with Crippen LogP contribution in [0.15, 0.2) is 78.9 Å². The zero-order chi connectivity index (χ0) is 28.4. The van der Waals surface area contributed by atoms with Crippen molar-refractivity contribution in [2.75, 3.05) is 20.3 Å². The van der Waals surface area contributed by atoms with Crippen LogP contribution in [0.1, 0.15) is 51.3 Å². The van der Waals surface area contributed by atoms with Gasteiger partial charge in [0, 0.05) is 19.5 Å². The zero-order valence-corrected chi connectivity index (χ0v) is 24.1. The zero-order valence-electron chi connectivity index (χ0n) is 24.1. The van der Waals surface area contributed by atoms with E-state index in [-0.39, 0.29) is 36.3 Å². The second-order valence-corrected chi connectivity index (χ2v) is 11.3. The molecule has 0 aromatic heterocycles. The standard InChI is InChI=1S/C33H42N2O4/c1-24(2)21-34-32(37)29(20-25-13-8-7-9-14-25)35(22-26-15-12-16-27(19-26)38-6)31(36)23-39-30-18-11-10-17-28(30)33(3,4)5/h7-19,24,29H,20-23H2,1-6H3,(H,34,37). The third-order valence-electron chi connectivity index (χ3n) is 6.49. The molecule has 3 aromatic rings. The molecule has 0 bridgehead atoms. The highest BCUT2D eigenvalue weighted by atomic mass is 16.5. The van der Waals surface area contributed by atoms with Gasteiger partial charge in [0.25, 0.3) is 5.91 Å². The van der Waals surface area contributed by atoms with Crippen LogP contribution >= 0.6 is 0 Å². The van der Waals surface area contributed by atoms with Gasteiger partial charge in [-0.3, -0.25) is 9.59 Å². The number of rotatable bonds is 12. The minimum absolute atomic E-state index is 0.146. The molecule has 0 saturated heterocycles. The molecule has 2 amide bonds. The van der Waals surface area contributed by atoms with Crippen LogP contribution in [0.2, 0.25) is 0 Å². The molecule has 1 unspecified atom stereocenters. The fraction of sp³-hybridized carbons (Fsp3) is 0.394. The quantitative estimate of drug-likeness (QED) is 0.322. The predicted octanol–water partition coefficient (Wildman–Crippen LogP) is 5.78. The van der Waals surface area contributed by atoms with Gasteiger partial charge in [-0.2, -0.15) is 0 Å². The number of hydrogen-bond donors (Lipinski definition) is 1. The van der Waals surface area contributed by atoms with Crippen LogP contribution in [0.25, 0.3) is 0 Å². The number of ether oxygens (including phenoxy) is 2. The third kappa shape index (κ3) is 8.88. The average Bonchev–Trinajstić information content (AvgIpc) is 2.92. The summed E-state index contributed by atoms with van der Waals surface area (Å²) in [6.07, 6.45) is 0.388. The number of benzene rings is 3. The molecular weight excluding hydrogens is 488 g/mol. The van der Waals surface area contributed by atoms with Gasteiger partial charge in [0.05, 0.1) is 7.11 Å². The Hall–Kier alpha value is -3.80. The molecule has 0 radical (unpaired) electrons. The highest BCUT2D eigenvalue weighted by Crippen LogP contribution is 2.31. The molecule has 0 aliphatic heterocycles. The molecule has 6 nitrogen and oxygen atoms in total. The number of nitrogens with one attached hydrogen (secondary N) is 1. The summed E-state index contributed by atoms with van der Waals surface area (Å²) >= 11 is 0. The molecule has 0 fully saturated rings. The Morgan fingerprint density at radius 3 is 2.23 bits per heavy atom. The first-order valence-corrected chi connectivity index (χ1v) is 13.5. The Labute approximate surface area is 233 Å². The van der Waals surface area contributed by atoms with Crippen molar-refractivity contribution in [2.45, 2.75) is 59.0 Å². The maximum atomic E-state index is 13.9. The summed E-state index contributed by atoms with van der Waals surface area (Å²) in [5, 5.41) is 3.05. The summed E-state index contributed by atoms with van der Waals surface area (Å²) in [5.74, 6) is 1.20. The molecular formula is C33H42N2O4. The minimum atomic E-state index is -0.716. The number of amides is 2. The largest absolute Gasteiger partial charge is 0.497 e. The molecule has 208 valence electrons. The third-order valence-corrected chi connectivity index (χ3v) is 6.49. The first-order chi connectivity index (χ1) is 18.6. The van der Waals surface area contributed by atoms with Gasteiger partial charge >= 0.3 is 0 Å². The van der Waals surface area contributed by atoms with Crippen molar-refractivity contribution in [2.24, 2.45) is 5.92 Å². The number of carbonyl (C=O) groups excluding carboxylic acids is 2. The van der Waals surface area contributed by atoms with Crippen LogP contribution in [0.5, 0.6) is 11.5 Å². The molecule has 0 spiro atoms. The van der Waals surface area contributed by atoms with Gasteiger partial charge in [0.1, 0.15) is 17.5 Å². The monoisotopic (exact) mass is 530 g/mol. The Morgan fingerprint density at radius 1 is 0.897 bits per heavy atom. The van der Waals surface area contributed by atoms with Crippen LogP contribution in [-0.2, 0) is 28.0 Å². The lowest BCUT2D eigenvalue weighted by Gasteiger charge is -2.32. The van der Waals surface area contributed by atoms with E-state index in [0.717, 1.165) is 16.7 Å². The van der Waals surface area contributed by atoms with E-state index in [1.807, 2.05) is 92.7 Å². The van der Waals surface area contributed by atoms with E-state index in [4.69, 9.17) is 9.47 Å². The Balaban J connectivity index is 1.95. The maximum absolute atomic E-state index is 13.9. The molecule has 0 aliphatic rings. The Morgan fingerprint density at radius 2 is 1.56 bits per heavy atom. The summed E-state index contributed by atoms with van der Waals surface area (Å²) in [5.41, 5.74) is 2.72. The number of nitrogens with zero attached hydrogens (tertiary/aromatic N) is 1. The van der Waals surface area contributed by atoms with E-state index in [2.05, 4.69) is 26.1 Å². The van der Waals surface area contributed by atoms with E-state index in [0.29, 0.717) is 24.5 Å².